The van der Waals surface area contributed by atoms with Gasteiger partial charge in [0.05, 0.1) is 12.3 Å². The van der Waals surface area contributed by atoms with Crippen LogP contribution in [0.1, 0.15) is 26.7 Å². The fraction of sp³-hybridized carbons (Fsp3) is 0.750. The Bertz CT molecular complexity index is 375. The maximum Gasteiger partial charge on any atom is 0.252 e. The lowest BCUT2D eigenvalue weighted by atomic mass is 10.1. The number of nitrogens with one attached hydrogen (secondary N) is 2. The molecular formula is C12H19N3O3. The molecule has 0 saturated carbocycles. The van der Waals surface area contributed by atoms with Crippen molar-refractivity contribution in [2.75, 3.05) is 13.1 Å². The molecule has 0 aromatic rings. The Kier molecular flexibility index (Phi) is 3.65. The molecule has 2 atom stereocenters. The van der Waals surface area contributed by atoms with E-state index in [9.17, 15) is 14.4 Å². The number of nitrogens with zero attached hydrogens (tertiary/aromatic N) is 1. The number of amides is 3. The minimum atomic E-state index is -0.673. The van der Waals surface area contributed by atoms with Gasteiger partial charge in [-0.2, -0.15) is 0 Å². The van der Waals surface area contributed by atoms with E-state index in [-0.39, 0.29) is 36.1 Å². The molecule has 0 aromatic heterocycles. The molecule has 2 unspecified atom stereocenters. The third-order valence-corrected chi connectivity index (χ3v) is 3.45. The maximum absolute atomic E-state index is 12.0. The molecule has 18 heavy (non-hydrogen) atoms. The first-order chi connectivity index (χ1) is 8.50. The molecule has 2 fully saturated rings. The summed E-state index contributed by atoms with van der Waals surface area (Å²) in [6.07, 6.45) is 0.873. The van der Waals surface area contributed by atoms with E-state index < -0.39 is 6.04 Å². The molecule has 2 heterocycles. The van der Waals surface area contributed by atoms with Crippen LogP contribution in [-0.4, -0.2) is 47.8 Å². The summed E-state index contributed by atoms with van der Waals surface area (Å²) in [5, 5.41) is 5.80. The summed E-state index contributed by atoms with van der Waals surface area (Å²) in [5.74, 6) is -0.697. The summed E-state index contributed by atoms with van der Waals surface area (Å²) < 4.78 is 0. The largest absolute Gasteiger partial charge is 0.343 e. The summed E-state index contributed by atoms with van der Waals surface area (Å²) in [6.45, 7) is 5.06. The summed E-state index contributed by atoms with van der Waals surface area (Å²) in [7, 11) is 0. The average Bonchev–Trinajstić information content (AvgIpc) is 2.88. The van der Waals surface area contributed by atoms with Crippen molar-refractivity contribution >= 4 is 17.7 Å². The van der Waals surface area contributed by atoms with Gasteiger partial charge < -0.3 is 10.6 Å². The van der Waals surface area contributed by atoms with Crippen LogP contribution in [0.4, 0.5) is 0 Å². The number of rotatable bonds is 3. The van der Waals surface area contributed by atoms with Crippen LogP contribution in [0.15, 0.2) is 0 Å². The predicted octanol–water partition coefficient (Wildman–Crippen LogP) is -0.752. The third-order valence-electron chi connectivity index (χ3n) is 3.45. The highest BCUT2D eigenvalue weighted by molar-refractivity contribution is 6.07. The quantitative estimate of drug-likeness (QED) is 0.649. The first-order valence-electron chi connectivity index (χ1n) is 6.37. The van der Waals surface area contributed by atoms with Crippen molar-refractivity contribution in [3.63, 3.8) is 0 Å². The monoisotopic (exact) mass is 253 g/mol. The molecule has 3 amide bonds. The smallest absolute Gasteiger partial charge is 0.252 e. The lowest BCUT2D eigenvalue weighted by molar-refractivity contribution is -0.141. The molecule has 2 saturated heterocycles. The van der Waals surface area contributed by atoms with Gasteiger partial charge in [0.1, 0.15) is 6.04 Å². The van der Waals surface area contributed by atoms with Crippen LogP contribution in [0.2, 0.25) is 0 Å². The Hall–Kier alpha value is -1.43. The van der Waals surface area contributed by atoms with E-state index in [0.717, 1.165) is 13.0 Å². The first kappa shape index (κ1) is 13.0. The highest BCUT2D eigenvalue weighted by atomic mass is 16.2. The van der Waals surface area contributed by atoms with Crippen LogP contribution in [0.25, 0.3) is 0 Å². The third kappa shape index (κ3) is 2.38. The molecule has 2 rings (SSSR count). The Morgan fingerprint density at radius 3 is 2.67 bits per heavy atom. The maximum atomic E-state index is 12.0. The van der Waals surface area contributed by atoms with E-state index in [1.807, 2.05) is 0 Å². The standard InChI is InChI=1S/C12H19N3O3/c1-7(2)15-10(16)5-9(12(15)18)14-11(17)8-3-4-13-6-8/h7-9,13H,3-6H2,1-2H3,(H,14,17). The van der Waals surface area contributed by atoms with Crippen LogP contribution >= 0.6 is 0 Å². The van der Waals surface area contributed by atoms with Crippen LogP contribution in [0.3, 0.4) is 0 Å². The van der Waals surface area contributed by atoms with Crippen molar-refractivity contribution in [3.05, 3.63) is 0 Å². The molecule has 0 spiro atoms. The topological polar surface area (TPSA) is 78.5 Å². The number of carbonyl (C=O) groups excluding carboxylic acids is 3. The zero-order valence-corrected chi connectivity index (χ0v) is 10.7. The average molecular weight is 253 g/mol. The van der Waals surface area contributed by atoms with Crippen LogP contribution in [0.5, 0.6) is 0 Å². The first-order valence-corrected chi connectivity index (χ1v) is 6.37. The normalized spacial score (nSPS) is 28.3. The molecule has 6 heteroatoms. The van der Waals surface area contributed by atoms with Gasteiger partial charge in [-0.3, -0.25) is 19.3 Å². The van der Waals surface area contributed by atoms with E-state index in [1.165, 1.54) is 4.90 Å². The van der Waals surface area contributed by atoms with Gasteiger partial charge in [-0.25, -0.2) is 0 Å². The second kappa shape index (κ2) is 5.06. The SMILES string of the molecule is CC(C)N1C(=O)CC(NC(=O)C2CCNC2)C1=O. The number of carbonyl (C=O) groups is 3. The number of hydrogen-bond acceptors (Lipinski definition) is 4. The van der Waals surface area contributed by atoms with Crippen molar-refractivity contribution in [1.29, 1.82) is 0 Å². The molecule has 100 valence electrons. The number of likely N-dealkylation sites (tertiary alicyclic amines) is 1. The molecular weight excluding hydrogens is 234 g/mol. The van der Waals surface area contributed by atoms with E-state index >= 15 is 0 Å². The molecule has 6 nitrogen and oxygen atoms in total. The molecule has 2 aliphatic heterocycles. The van der Waals surface area contributed by atoms with E-state index in [1.54, 1.807) is 13.8 Å². The van der Waals surface area contributed by atoms with E-state index in [4.69, 9.17) is 0 Å². The Morgan fingerprint density at radius 2 is 2.17 bits per heavy atom. The van der Waals surface area contributed by atoms with Crippen LogP contribution in [0, 0.1) is 5.92 Å². The molecule has 0 aliphatic carbocycles. The van der Waals surface area contributed by atoms with Crippen LogP contribution < -0.4 is 10.6 Å². The summed E-state index contributed by atoms with van der Waals surface area (Å²) in [6, 6.07) is -0.826. The lowest BCUT2D eigenvalue weighted by Gasteiger charge is -2.19. The molecule has 0 bridgehead atoms. The van der Waals surface area contributed by atoms with Crippen molar-refractivity contribution in [2.24, 2.45) is 5.92 Å². The van der Waals surface area contributed by atoms with Crippen molar-refractivity contribution < 1.29 is 14.4 Å². The fourth-order valence-corrected chi connectivity index (χ4v) is 2.47. The van der Waals surface area contributed by atoms with Crippen molar-refractivity contribution in [3.8, 4) is 0 Å². The lowest BCUT2D eigenvalue weighted by Crippen LogP contribution is -2.45. The number of imide groups is 1. The minimum Gasteiger partial charge on any atom is -0.343 e. The molecule has 2 N–H and O–H groups in total. The zero-order valence-electron chi connectivity index (χ0n) is 10.7. The minimum absolute atomic E-state index is 0.0824. The molecule has 2 aliphatic rings. The second-order valence-electron chi connectivity index (χ2n) is 5.15. The summed E-state index contributed by atoms with van der Waals surface area (Å²) >= 11 is 0. The fourth-order valence-electron chi connectivity index (χ4n) is 2.47. The van der Waals surface area contributed by atoms with Crippen molar-refractivity contribution in [2.45, 2.75) is 38.8 Å². The zero-order chi connectivity index (χ0) is 13.3. The van der Waals surface area contributed by atoms with Gasteiger partial charge in [-0.15, -0.1) is 0 Å². The number of hydrogen-bond donors (Lipinski definition) is 2. The molecule has 0 aromatic carbocycles. The van der Waals surface area contributed by atoms with E-state index in [0.29, 0.717) is 6.54 Å². The van der Waals surface area contributed by atoms with Gasteiger partial charge in [0.2, 0.25) is 11.8 Å². The van der Waals surface area contributed by atoms with Gasteiger partial charge >= 0.3 is 0 Å². The van der Waals surface area contributed by atoms with Crippen molar-refractivity contribution in [1.82, 2.24) is 15.5 Å². The highest BCUT2D eigenvalue weighted by Crippen LogP contribution is 2.17. The Labute approximate surface area is 106 Å². The van der Waals surface area contributed by atoms with Gasteiger partial charge in [0, 0.05) is 12.6 Å². The Balaban J connectivity index is 1.96. The Morgan fingerprint density at radius 1 is 1.44 bits per heavy atom. The van der Waals surface area contributed by atoms with Gasteiger partial charge in [0.25, 0.3) is 5.91 Å². The summed E-state index contributed by atoms with van der Waals surface area (Å²) in [5.41, 5.74) is 0. The summed E-state index contributed by atoms with van der Waals surface area (Å²) in [4.78, 5) is 36.8. The van der Waals surface area contributed by atoms with E-state index in [2.05, 4.69) is 10.6 Å². The second-order valence-corrected chi connectivity index (χ2v) is 5.15. The van der Waals surface area contributed by atoms with Crippen LogP contribution in [-0.2, 0) is 14.4 Å². The highest BCUT2D eigenvalue weighted by Gasteiger charge is 2.41. The predicted molar refractivity (Wildman–Crippen MR) is 64.5 cm³/mol. The van der Waals surface area contributed by atoms with Gasteiger partial charge in [-0.05, 0) is 26.8 Å². The van der Waals surface area contributed by atoms with Gasteiger partial charge in [0.15, 0.2) is 0 Å². The molecule has 0 radical (unpaired) electrons. The van der Waals surface area contributed by atoms with Gasteiger partial charge in [-0.1, -0.05) is 0 Å².